The SMILES string of the molecule is NC(=S)c1ccccc1NC(=O)CCN1CCS(=O)CC1. The third kappa shape index (κ3) is 4.87. The Labute approximate surface area is 132 Å². The molecule has 1 saturated heterocycles. The number of amides is 1. The lowest BCUT2D eigenvalue weighted by Gasteiger charge is -2.25. The number of nitrogens with zero attached hydrogens (tertiary/aromatic N) is 1. The van der Waals surface area contributed by atoms with Gasteiger partial charge in [0.05, 0.1) is 5.69 Å². The van der Waals surface area contributed by atoms with Crippen molar-refractivity contribution in [1.29, 1.82) is 0 Å². The van der Waals surface area contributed by atoms with Crippen LogP contribution in [0.1, 0.15) is 12.0 Å². The van der Waals surface area contributed by atoms with Crippen molar-refractivity contribution in [1.82, 2.24) is 4.90 Å². The summed E-state index contributed by atoms with van der Waals surface area (Å²) in [6, 6.07) is 7.24. The fourth-order valence-electron chi connectivity index (χ4n) is 2.18. The minimum absolute atomic E-state index is 0.0644. The van der Waals surface area contributed by atoms with E-state index in [1.54, 1.807) is 12.1 Å². The Morgan fingerprint density at radius 1 is 1.33 bits per heavy atom. The summed E-state index contributed by atoms with van der Waals surface area (Å²) in [7, 11) is -0.685. The van der Waals surface area contributed by atoms with Gasteiger partial charge in [0.2, 0.25) is 5.91 Å². The zero-order chi connectivity index (χ0) is 15.2. The number of rotatable bonds is 5. The van der Waals surface area contributed by atoms with Crippen LogP contribution >= 0.6 is 12.2 Å². The van der Waals surface area contributed by atoms with Crippen molar-refractivity contribution < 1.29 is 9.00 Å². The Morgan fingerprint density at radius 3 is 2.67 bits per heavy atom. The van der Waals surface area contributed by atoms with Crippen LogP contribution in [0.25, 0.3) is 0 Å². The highest BCUT2D eigenvalue weighted by atomic mass is 32.2. The van der Waals surface area contributed by atoms with Gasteiger partial charge in [-0.25, -0.2) is 0 Å². The summed E-state index contributed by atoms with van der Waals surface area (Å²) >= 11 is 4.97. The van der Waals surface area contributed by atoms with Gasteiger partial charge in [0.1, 0.15) is 4.99 Å². The lowest BCUT2D eigenvalue weighted by molar-refractivity contribution is -0.116. The number of carbonyl (C=O) groups excluding carboxylic acids is 1. The molecule has 0 unspecified atom stereocenters. The van der Waals surface area contributed by atoms with Crippen LogP contribution < -0.4 is 11.1 Å². The van der Waals surface area contributed by atoms with Gasteiger partial charge in [-0.3, -0.25) is 9.00 Å². The Bertz CT molecular complexity index is 553. The molecule has 114 valence electrons. The summed E-state index contributed by atoms with van der Waals surface area (Å²) in [5.74, 6) is 1.34. The number of thiocarbonyl (C=S) groups is 1. The number of nitrogens with two attached hydrogens (primary N) is 1. The smallest absolute Gasteiger partial charge is 0.225 e. The minimum Gasteiger partial charge on any atom is -0.389 e. The fraction of sp³-hybridized carbons (Fsp3) is 0.429. The highest BCUT2D eigenvalue weighted by molar-refractivity contribution is 7.85. The summed E-state index contributed by atoms with van der Waals surface area (Å²) in [5, 5.41) is 2.85. The molecule has 7 heteroatoms. The van der Waals surface area contributed by atoms with Crippen molar-refractivity contribution in [3.8, 4) is 0 Å². The fourth-order valence-corrected chi connectivity index (χ4v) is 3.48. The largest absolute Gasteiger partial charge is 0.389 e. The lowest BCUT2D eigenvalue weighted by Crippen LogP contribution is -2.39. The number of para-hydroxylation sites is 1. The first-order valence-electron chi connectivity index (χ1n) is 6.82. The summed E-state index contributed by atoms with van der Waals surface area (Å²) in [6.45, 7) is 2.27. The van der Waals surface area contributed by atoms with Crippen LogP contribution in [0, 0.1) is 0 Å². The van der Waals surface area contributed by atoms with Crippen LogP contribution in [-0.4, -0.2) is 51.1 Å². The molecule has 1 fully saturated rings. The molecule has 0 atom stereocenters. The van der Waals surface area contributed by atoms with Gasteiger partial charge in [0.25, 0.3) is 0 Å². The van der Waals surface area contributed by atoms with Gasteiger partial charge >= 0.3 is 0 Å². The molecule has 1 aliphatic rings. The molecule has 0 saturated carbocycles. The van der Waals surface area contributed by atoms with Crippen LogP contribution in [0.5, 0.6) is 0 Å². The predicted octanol–water partition coefficient (Wildman–Crippen LogP) is 0.714. The molecule has 0 aromatic heterocycles. The molecule has 3 N–H and O–H groups in total. The second-order valence-corrected chi connectivity index (χ2v) is 7.03. The number of carbonyl (C=O) groups is 1. The highest BCUT2D eigenvalue weighted by Gasteiger charge is 2.16. The van der Waals surface area contributed by atoms with Gasteiger partial charge in [-0.05, 0) is 12.1 Å². The van der Waals surface area contributed by atoms with E-state index in [0.717, 1.165) is 13.1 Å². The molecule has 1 aromatic carbocycles. The van der Waals surface area contributed by atoms with Gasteiger partial charge in [0.15, 0.2) is 0 Å². The molecule has 5 nitrogen and oxygen atoms in total. The van der Waals surface area contributed by atoms with Crippen molar-refractivity contribution in [2.45, 2.75) is 6.42 Å². The van der Waals surface area contributed by atoms with Crippen molar-refractivity contribution >= 4 is 39.6 Å². The van der Waals surface area contributed by atoms with E-state index in [1.807, 2.05) is 12.1 Å². The van der Waals surface area contributed by atoms with E-state index in [-0.39, 0.29) is 10.9 Å². The quantitative estimate of drug-likeness (QED) is 0.780. The van der Waals surface area contributed by atoms with E-state index in [4.69, 9.17) is 18.0 Å². The number of anilines is 1. The molecule has 21 heavy (non-hydrogen) atoms. The second kappa shape index (κ2) is 7.63. The molecule has 2 rings (SSSR count). The van der Waals surface area contributed by atoms with Gasteiger partial charge in [-0.2, -0.15) is 0 Å². The normalized spacial score (nSPS) is 16.6. The molecule has 1 aliphatic heterocycles. The van der Waals surface area contributed by atoms with Crippen LogP contribution in [0.3, 0.4) is 0 Å². The molecule has 1 heterocycles. The van der Waals surface area contributed by atoms with E-state index in [9.17, 15) is 9.00 Å². The van der Waals surface area contributed by atoms with E-state index >= 15 is 0 Å². The number of hydrogen-bond acceptors (Lipinski definition) is 4. The molecular weight excluding hydrogens is 306 g/mol. The first-order chi connectivity index (χ1) is 10.1. The van der Waals surface area contributed by atoms with E-state index < -0.39 is 10.8 Å². The maximum absolute atomic E-state index is 12.0. The third-order valence-corrected chi connectivity index (χ3v) is 4.89. The van der Waals surface area contributed by atoms with Gasteiger partial charge in [-0.15, -0.1) is 0 Å². The van der Waals surface area contributed by atoms with Crippen LogP contribution in [-0.2, 0) is 15.6 Å². The minimum atomic E-state index is -0.685. The Kier molecular flexibility index (Phi) is 5.84. The van der Waals surface area contributed by atoms with Crippen molar-refractivity contribution in [3.05, 3.63) is 29.8 Å². The van der Waals surface area contributed by atoms with Crippen molar-refractivity contribution in [2.24, 2.45) is 5.73 Å². The molecule has 0 bridgehead atoms. The Hall–Kier alpha value is -1.31. The van der Waals surface area contributed by atoms with Crippen LogP contribution in [0.15, 0.2) is 24.3 Å². The molecule has 0 radical (unpaired) electrons. The van der Waals surface area contributed by atoms with Gasteiger partial charge in [-0.1, -0.05) is 24.4 Å². The molecule has 1 amide bonds. The zero-order valence-corrected chi connectivity index (χ0v) is 13.3. The summed E-state index contributed by atoms with van der Waals surface area (Å²) in [4.78, 5) is 14.4. The van der Waals surface area contributed by atoms with E-state index in [2.05, 4.69) is 10.2 Å². The van der Waals surface area contributed by atoms with Crippen molar-refractivity contribution in [2.75, 3.05) is 36.5 Å². The Balaban J connectivity index is 1.85. The average Bonchev–Trinajstić information content (AvgIpc) is 2.47. The van der Waals surface area contributed by atoms with E-state index in [0.29, 0.717) is 35.7 Å². The topological polar surface area (TPSA) is 75.4 Å². The maximum Gasteiger partial charge on any atom is 0.225 e. The van der Waals surface area contributed by atoms with E-state index in [1.165, 1.54) is 0 Å². The number of hydrogen-bond donors (Lipinski definition) is 2. The molecule has 1 aromatic rings. The maximum atomic E-state index is 12.0. The first-order valence-corrected chi connectivity index (χ1v) is 8.72. The molecular formula is C14H19N3O2S2. The van der Waals surface area contributed by atoms with Gasteiger partial charge in [0, 0.05) is 53.9 Å². The molecule has 0 aliphatic carbocycles. The Morgan fingerprint density at radius 2 is 2.00 bits per heavy atom. The van der Waals surface area contributed by atoms with Crippen LogP contribution in [0.4, 0.5) is 5.69 Å². The third-order valence-electron chi connectivity index (χ3n) is 3.39. The number of nitrogens with one attached hydrogen (secondary N) is 1. The van der Waals surface area contributed by atoms with Crippen LogP contribution in [0.2, 0.25) is 0 Å². The van der Waals surface area contributed by atoms with Gasteiger partial charge < -0.3 is 16.0 Å². The lowest BCUT2D eigenvalue weighted by atomic mass is 10.1. The second-order valence-electron chi connectivity index (χ2n) is 4.90. The summed E-state index contributed by atoms with van der Waals surface area (Å²) in [5.41, 5.74) is 6.96. The van der Waals surface area contributed by atoms with Crippen molar-refractivity contribution in [3.63, 3.8) is 0 Å². The molecule has 0 spiro atoms. The predicted molar refractivity (Wildman–Crippen MR) is 89.9 cm³/mol. The standard InChI is InChI=1S/C14H19N3O2S2/c15-14(20)11-3-1-2-4-12(11)16-13(18)5-6-17-7-9-21(19)10-8-17/h1-4H,5-10H2,(H2,15,20)(H,16,18). The summed E-state index contributed by atoms with van der Waals surface area (Å²) < 4.78 is 11.3. The first kappa shape index (κ1) is 16.1. The number of benzene rings is 1. The average molecular weight is 325 g/mol. The summed E-state index contributed by atoms with van der Waals surface area (Å²) in [6.07, 6.45) is 0.401. The monoisotopic (exact) mass is 325 g/mol. The highest BCUT2D eigenvalue weighted by Crippen LogP contribution is 2.15. The zero-order valence-electron chi connectivity index (χ0n) is 11.7.